The number of halogens is 3. The maximum absolute atomic E-state index is 12.5. The number of hydrogen-bond donors (Lipinski definition) is 2. The van der Waals surface area contributed by atoms with Crippen molar-refractivity contribution in [1.82, 2.24) is 20.6 Å². The Kier molecular flexibility index (Phi) is 25.7. The van der Waals surface area contributed by atoms with E-state index in [1.165, 1.54) is 67.4 Å². The molecule has 0 aromatic carbocycles. The number of aryl methyl sites for hydroxylation is 2. The second-order valence-corrected chi connectivity index (χ2v) is 34.4. The topological polar surface area (TPSA) is 164 Å². The van der Waals surface area contributed by atoms with Crippen molar-refractivity contribution in [2.24, 2.45) is 0 Å². The SMILES string of the molecule is C=C(OCC)c1cc2c(cn1)C(NC(=O)OC(C)(C)C)CCCC2.C=[C](OCC)[Sn]([CH2]CCC)([CH2]CCC)[CH2]CCC.CC(C)(C)OC(=O)NC1CCCCc2cc(OS(=O)(=O)C(F)(F)F)ncc21. The maximum Gasteiger partial charge on any atom is 0.534 e. The van der Waals surface area contributed by atoms with Crippen molar-refractivity contribution < 1.29 is 54.3 Å². The number of rotatable bonds is 19. The molecule has 0 aliphatic heterocycles. The van der Waals surface area contributed by atoms with Crippen LogP contribution in [0.5, 0.6) is 5.88 Å². The predicted molar refractivity (Wildman–Crippen MR) is 270 cm³/mol. The monoisotopic (exact) mass is 1100 g/mol. The molecule has 0 saturated heterocycles. The van der Waals surface area contributed by atoms with E-state index < -0.39 is 63.2 Å². The molecule has 13 nitrogen and oxygen atoms in total. The van der Waals surface area contributed by atoms with Gasteiger partial charge in [0, 0.05) is 18.5 Å². The Morgan fingerprint density at radius 1 is 0.696 bits per heavy atom. The number of unbranched alkanes of at least 4 members (excludes halogenated alkanes) is 3. The van der Waals surface area contributed by atoms with E-state index in [4.69, 9.17) is 18.9 Å². The number of pyridine rings is 2. The molecule has 2 amide bonds. The van der Waals surface area contributed by atoms with Crippen LogP contribution in [0.3, 0.4) is 0 Å². The quantitative estimate of drug-likeness (QED) is 0.0452. The van der Waals surface area contributed by atoms with E-state index in [0.29, 0.717) is 36.3 Å². The number of nitrogens with zero attached hydrogens (tertiary/aromatic N) is 2. The fraction of sp³-hybridized carbons (Fsp3) is 0.686. The zero-order chi connectivity index (χ0) is 52.1. The van der Waals surface area contributed by atoms with Gasteiger partial charge in [0.1, 0.15) is 22.7 Å². The normalized spacial score (nSPS) is 16.2. The van der Waals surface area contributed by atoms with Gasteiger partial charge in [-0.25, -0.2) is 14.6 Å². The summed E-state index contributed by atoms with van der Waals surface area (Å²) in [6.45, 7) is 31.3. The molecule has 0 bridgehead atoms. The minimum Gasteiger partial charge on any atom is -0.444 e. The summed E-state index contributed by atoms with van der Waals surface area (Å²) in [5.41, 5.74) is -2.55. The third-order valence-corrected chi connectivity index (χ3v) is 27.5. The summed E-state index contributed by atoms with van der Waals surface area (Å²) in [7, 11) is -5.79. The Bertz CT molecular complexity index is 2030. The molecule has 2 aromatic heterocycles. The van der Waals surface area contributed by atoms with Crippen molar-refractivity contribution in [2.75, 3.05) is 13.2 Å². The number of alkyl halides is 3. The van der Waals surface area contributed by atoms with E-state index in [1.54, 1.807) is 20.8 Å². The first kappa shape index (κ1) is 61.4. The molecule has 69 heavy (non-hydrogen) atoms. The number of alkyl carbamates (subject to hydrolysis) is 2. The van der Waals surface area contributed by atoms with Gasteiger partial charge in [-0.05, 0) is 115 Å². The number of fused-ring (bicyclic) bond motifs is 2. The number of aromatic nitrogens is 2. The van der Waals surface area contributed by atoms with Gasteiger partial charge < -0.3 is 29.0 Å². The minimum atomic E-state index is -5.79. The zero-order valence-corrected chi connectivity index (χ0v) is 47.1. The van der Waals surface area contributed by atoms with Gasteiger partial charge in [-0.15, -0.1) is 0 Å². The third kappa shape index (κ3) is 21.7. The van der Waals surface area contributed by atoms with Crippen LogP contribution in [0.2, 0.25) is 13.3 Å². The average molecular weight is 1100 g/mol. The van der Waals surface area contributed by atoms with E-state index in [2.05, 4.69) is 65.6 Å². The van der Waals surface area contributed by atoms with E-state index >= 15 is 0 Å². The largest absolute Gasteiger partial charge is 0.534 e. The third-order valence-electron chi connectivity index (χ3n) is 11.6. The minimum absolute atomic E-state index is 0.0701. The van der Waals surface area contributed by atoms with Crippen LogP contribution in [0.4, 0.5) is 22.8 Å². The van der Waals surface area contributed by atoms with Crippen LogP contribution in [-0.2, 0) is 41.9 Å². The molecule has 2 unspecified atom stereocenters. The predicted octanol–water partition coefficient (Wildman–Crippen LogP) is 13.9. The van der Waals surface area contributed by atoms with Gasteiger partial charge in [0.2, 0.25) is 5.88 Å². The van der Waals surface area contributed by atoms with Crippen LogP contribution in [0.25, 0.3) is 5.76 Å². The Labute approximate surface area is 415 Å². The van der Waals surface area contributed by atoms with Gasteiger partial charge in [-0.3, -0.25) is 4.98 Å². The molecule has 0 spiro atoms. The summed E-state index contributed by atoms with van der Waals surface area (Å²) >= 11 is -2.24. The fourth-order valence-electron chi connectivity index (χ4n) is 8.16. The van der Waals surface area contributed by atoms with Gasteiger partial charge in [0.05, 0.1) is 18.7 Å². The smallest absolute Gasteiger partial charge is 0.444 e. The summed E-state index contributed by atoms with van der Waals surface area (Å²) in [6.07, 6.45) is 16.7. The van der Waals surface area contributed by atoms with Gasteiger partial charge in [0.25, 0.3) is 0 Å². The second kappa shape index (κ2) is 28.9. The zero-order valence-electron chi connectivity index (χ0n) is 43.4. The Morgan fingerprint density at radius 2 is 1.13 bits per heavy atom. The standard InChI is InChI=1S/C19H28N2O3.C16H21F3N2O5S.C4H7O.3C4H9.Sn/c1-6-23-13(2)17-11-14-9-7-8-10-16(15(14)12-20-17)21-18(22)24-19(3,4)5;1-15(2,3)25-14(22)21-12-7-5-4-6-10-8-13(20-9-11(10)12)26-27(23,24)16(17,18)19;1-3-5-4-2;3*1-3-4-2;/h11-12,16H,2,6-10H2,1,3-5H3,(H,21,22);8-9,12H,4-7H2,1-3H3,(H,21,22);1,4H2,2H3;3*1,3-4H2,2H3;. The van der Waals surface area contributed by atoms with Crippen molar-refractivity contribution in [3.8, 4) is 5.88 Å². The van der Waals surface area contributed by atoms with Crippen LogP contribution >= 0.6 is 0 Å². The van der Waals surface area contributed by atoms with Gasteiger partial charge in [-0.2, -0.15) is 21.6 Å². The number of ether oxygens (including phenoxy) is 4. The van der Waals surface area contributed by atoms with E-state index in [1.807, 2.05) is 40.0 Å². The van der Waals surface area contributed by atoms with Crippen molar-refractivity contribution >= 4 is 46.4 Å². The Balaban J connectivity index is 0.000000363. The summed E-state index contributed by atoms with van der Waals surface area (Å²) in [4.78, 5) is 32.3. The summed E-state index contributed by atoms with van der Waals surface area (Å²) in [5.74, 6) is -0.0785. The molecule has 0 radical (unpaired) electrons. The first-order valence-corrected chi connectivity index (χ1v) is 33.8. The molecule has 2 atom stereocenters. The van der Waals surface area contributed by atoms with E-state index in [0.717, 1.165) is 62.5 Å². The molecule has 392 valence electrons. The van der Waals surface area contributed by atoms with Crippen LogP contribution in [0, 0.1) is 0 Å². The van der Waals surface area contributed by atoms with Crippen molar-refractivity contribution in [2.45, 2.75) is 208 Å². The van der Waals surface area contributed by atoms with Crippen LogP contribution in [0.15, 0.2) is 41.5 Å². The van der Waals surface area contributed by atoms with E-state index in [-0.39, 0.29) is 12.1 Å². The number of carbonyl (C=O) groups excluding carboxylic acids is 2. The fourth-order valence-corrected chi connectivity index (χ4v) is 23.2. The Morgan fingerprint density at radius 3 is 1.54 bits per heavy atom. The molecule has 4 rings (SSSR count). The molecule has 2 aliphatic carbocycles. The number of nitrogens with one attached hydrogen (secondary N) is 2. The molecule has 2 N–H and O–H groups in total. The molecular formula is C51H83F3N4O9SSn. The van der Waals surface area contributed by atoms with Crippen LogP contribution in [0.1, 0.15) is 193 Å². The van der Waals surface area contributed by atoms with E-state index in [9.17, 15) is 31.2 Å². The first-order valence-electron chi connectivity index (χ1n) is 24.9. The van der Waals surface area contributed by atoms with Crippen LogP contribution < -0.4 is 14.8 Å². The summed E-state index contributed by atoms with van der Waals surface area (Å²) in [6, 6.07) is 2.67. The van der Waals surface area contributed by atoms with Crippen molar-refractivity contribution in [3.05, 3.63) is 69.4 Å². The van der Waals surface area contributed by atoms with Crippen LogP contribution in [-0.4, -0.2) is 78.9 Å². The molecular weight excluding hydrogens is 1020 g/mol. The van der Waals surface area contributed by atoms with Gasteiger partial charge in [0.15, 0.2) is 0 Å². The number of carbonyl (C=O) groups is 2. The second-order valence-electron chi connectivity index (χ2n) is 19.7. The van der Waals surface area contributed by atoms with Gasteiger partial charge in [-0.1, -0.05) is 19.4 Å². The Hall–Kier alpha value is -3.74. The number of hydrogen-bond acceptors (Lipinski definition) is 11. The molecule has 0 saturated carbocycles. The molecule has 0 fully saturated rings. The van der Waals surface area contributed by atoms with Gasteiger partial charge >= 0.3 is 147 Å². The maximum atomic E-state index is 12.5. The summed E-state index contributed by atoms with van der Waals surface area (Å²) < 4.78 is 91.4. The molecule has 18 heteroatoms. The van der Waals surface area contributed by atoms with Crippen molar-refractivity contribution in [3.63, 3.8) is 0 Å². The first-order chi connectivity index (χ1) is 32.2. The molecule has 2 aromatic rings. The molecule has 2 aliphatic rings. The number of amides is 2. The van der Waals surface area contributed by atoms with Crippen molar-refractivity contribution in [1.29, 1.82) is 0 Å². The summed E-state index contributed by atoms with van der Waals surface area (Å²) in [5, 5.41) is 5.71. The molecule has 2 heterocycles. The average Bonchev–Trinajstić information content (AvgIpc) is 3.57.